The SMILES string of the molecule is Cc1cc(C)c([N+](=O)[O-])cc1NCc1cncs1. The van der Waals surface area contributed by atoms with Gasteiger partial charge in [-0.05, 0) is 25.5 Å². The summed E-state index contributed by atoms with van der Waals surface area (Å²) in [6.45, 7) is 4.32. The molecule has 18 heavy (non-hydrogen) atoms. The summed E-state index contributed by atoms with van der Waals surface area (Å²) in [6, 6.07) is 3.42. The molecule has 0 radical (unpaired) electrons. The highest BCUT2D eigenvalue weighted by Gasteiger charge is 2.13. The van der Waals surface area contributed by atoms with Crippen molar-refractivity contribution in [2.45, 2.75) is 20.4 Å². The quantitative estimate of drug-likeness (QED) is 0.679. The van der Waals surface area contributed by atoms with E-state index >= 15 is 0 Å². The van der Waals surface area contributed by atoms with Crippen LogP contribution in [0.3, 0.4) is 0 Å². The third-order valence-corrected chi connectivity index (χ3v) is 3.46. The van der Waals surface area contributed by atoms with Crippen LogP contribution < -0.4 is 5.32 Å². The normalized spacial score (nSPS) is 10.3. The Labute approximate surface area is 109 Å². The van der Waals surface area contributed by atoms with E-state index in [0.29, 0.717) is 12.1 Å². The molecule has 1 aromatic heterocycles. The number of aromatic nitrogens is 1. The molecular formula is C12H13N3O2S. The van der Waals surface area contributed by atoms with Gasteiger partial charge in [-0.1, -0.05) is 0 Å². The number of thiazole rings is 1. The fourth-order valence-electron chi connectivity index (χ4n) is 1.74. The van der Waals surface area contributed by atoms with Gasteiger partial charge in [0.15, 0.2) is 0 Å². The largest absolute Gasteiger partial charge is 0.380 e. The number of aryl methyl sites for hydroxylation is 2. The van der Waals surface area contributed by atoms with E-state index in [1.165, 1.54) is 0 Å². The Morgan fingerprint density at radius 1 is 1.39 bits per heavy atom. The summed E-state index contributed by atoms with van der Waals surface area (Å²) in [5.41, 5.74) is 4.39. The van der Waals surface area contributed by atoms with Crippen molar-refractivity contribution in [2.24, 2.45) is 0 Å². The van der Waals surface area contributed by atoms with E-state index in [2.05, 4.69) is 10.3 Å². The molecule has 2 aromatic rings. The lowest BCUT2D eigenvalue weighted by Crippen LogP contribution is -2.02. The zero-order chi connectivity index (χ0) is 13.1. The topological polar surface area (TPSA) is 68.1 Å². The minimum absolute atomic E-state index is 0.146. The van der Waals surface area contributed by atoms with Gasteiger partial charge in [-0.15, -0.1) is 11.3 Å². The van der Waals surface area contributed by atoms with Crippen molar-refractivity contribution in [1.29, 1.82) is 0 Å². The van der Waals surface area contributed by atoms with Crippen LogP contribution in [0.15, 0.2) is 23.8 Å². The molecule has 5 nitrogen and oxygen atoms in total. The molecule has 0 fully saturated rings. The van der Waals surface area contributed by atoms with Crippen LogP contribution in [0.1, 0.15) is 16.0 Å². The maximum absolute atomic E-state index is 10.9. The number of nitro benzene ring substituents is 1. The van der Waals surface area contributed by atoms with Crippen molar-refractivity contribution >= 4 is 22.7 Å². The Kier molecular flexibility index (Phi) is 3.57. The minimum Gasteiger partial charge on any atom is -0.380 e. The molecule has 0 aliphatic carbocycles. The van der Waals surface area contributed by atoms with E-state index in [9.17, 15) is 10.1 Å². The molecule has 0 atom stereocenters. The van der Waals surface area contributed by atoms with Crippen LogP contribution >= 0.6 is 11.3 Å². The predicted molar refractivity (Wildman–Crippen MR) is 72.0 cm³/mol. The van der Waals surface area contributed by atoms with E-state index in [1.54, 1.807) is 36.0 Å². The average molecular weight is 263 g/mol. The molecule has 1 N–H and O–H groups in total. The molecule has 0 bridgehead atoms. The second-order valence-corrected chi connectivity index (χ2v) is 5.00. The molecule has 0 spiro atoms. The van der Waals surface area contributed by atoms with E-state index in [1.807, 2.05) is 13.0 Å². The van der Waals surface area contributed by atoms with E-state index in [0.717, 1.165) is 16.1 Å². The van der Waals surface area contributed by atoms with Crippen LogP contribution in [0, 0.1) is 24.0 Å². The van der Waals surface area contributed by atoms with Crippen LogP contribution in [0.25, 0.3) is 0 Å². The standard InChI is InChI=1S/C12H13N3O2S/c1-8-3-9(2)12(15(16)17)4-11(8)14-6-10-5-13-7-18-10/h3-5,7,14H,6H2,1-2H3. The molecule has 2 rings (SSSR count). The summed E-state index contributed by atoms with van der Waals surface area (Å²) in [5.74, 6) is 0. The Bertz CT molecular complexity index is 567. The van der Waals surface area contributed by atoms with Crippen molar-refractivity contribution in [3.05, 3.63) is 50.0 Å². The lowest BCUT2D eigenvalue weighted by Gasteiger charge is -2.09. The summed E-state index contributed by atoms with van der Waals surface area (Å²) in [5, 5.41) is 14.1. The van der Waals surface area contributed by atoms with Gasteiger partial charge in [0.05, 0.1) is 17.0 Å². The predicted octanol–water partition coefficient (Wildman–Crippen LogP) is 3.28. The van der Waals surface area contributed by atoms with Gasteiger partial charge in [-0.25, -0.2) is 0 Å². The second kappa shape index (κ2) is 5.14. The third-order valence-electron chi connectivity index (χ3n) is 2.68. The van der Waals surface area contributed by atoms with Gasteiger partial charge in [0.1, 0.15) is 0 Å². The van der Waals surface area contributed by atoms with Crippen LogP contribution in [-0.4, -0.2) is 9.91 Å². The summed E-state index contributed by atoms with van der Waals surface area (Å²) in [4.78, 5) is 15.6. The molecule has 6 heteroatoms. The number of hydrogen-bond donors (Lipinski definition) is 1. The van der Waals surface area contributed by atoms with Crippen molar-refractivity contribution in [2.75, 3.05) is 5.32 Å². The zero-order valence-corrected chi connectivity index (χ0v) is 11.0. The van der Waals surface area contributed by atoms with Gasteiger partial charge >= 0.3 is 0 Å². The maximum Gasteiger partial charge on any atom is 0.274 e. The highest BCUT2D eigenvalue weighted by atomic mass is 32.1. The maximum atomic E-state index is 10.9. The van der Waals surface area contributed by atoms with Gasteiger partial charge in [0.25, 0.3) is 5.69 Å². The lowest BCUT2D eigenvalue weighted by atomic mass is 10.1. The summed E-state index contributed by atoms with van der Waals surface area (Å²) >= 11 is 1.55. The Morgan fingerprint density at radius 2 is 2.17 bits per heavy atom. The Morgan fingerprint density at radius 3 is 2.78 bits per heavy atom. The van der Waals surface area contributed by atoms with Crippen molar-refractivity contribution in [1.82, 2.24) is 4.98 Å². The average Bonchev–Trinajstić information content (AvgIpc) is 2.80. The number of benzene rings is 1. The fraction of sp³-hybridized carbons (Fsp3) is 0.250. The van der Waals surface area contributed by atoms with Crippen LogP contribution in [0.5, 0.6) is 0 Å². The van der Waals surface area contributed by atoms with Crippen LogP contribution in [-0.2, 0) is 6.54 Å². The molecule has 0 amide bonds. The monoisotopic (exact) mass is 263 g/mol. The Hall–Kier alpha value is -1.95. The number of nitro groups is 1. The van der Waals surface area contributed by atoms with Crippen LogP contribution in [0.2, 0.25) is 0 Å². The molecule has 0 aliphatic rings. The minimum atomic E-state index is -0.355. The number of rotatable bonds is 4. The molecule has 0 saturated heterocycles. The highest BCUT2D eigenvalue weighted by Crippen LogP contribution is 2.26. The highest BCUT2D eigenvalue weighted by molar-refractivity contribution is 7.09. The van der Waals surface area contributed by atoms with E-state index < -0.39 is 0 Å². The third kappa shape index (κ3) is 2.65. The van der Waals surface area contributed by atoms with Gasteiger partial charge < -0.3 is 5.32 Å². The molecule has 0 saturated carbocycles. The molecule has 0 aliphatic heterocycles. The summed E-state index contributed by atoms with van der Waals surface area (Å²) in [7, 11) is 0. The molecular weight excluding hydrogens is 250 g/mol. The molecule has 1 heterocycles. The summed E-state index contributed by atoms with van der Waals surface area (Å²) in [6.07, 6.45) is 1.79. The lowest BCUT2D eigenvalue weighted by molar-refractivity contribution is -0.385. The van der Waals surface area contributed by atoms with Crippen molar-refractivity contribution in [3.63, 3.8) is 0 Å². The summed E-state index contributed by atoms with van der Waals surface area (Å²) < 4.78 is 0. The van der Waals surface area contributed by atoms with Gasteiger partial charge in [0.2, 0.25) is 0 Å². The van der Waals surface area contributed by atoms with Gasteiger partial charge in [-0.3, -0.25) is 15.1 Å². The molecule has 1 aromatic carbocycles. The molecule has 0 unspecified atom stereocenters. The molecule has 94 valence electrons. The van der Waals surface area contributed by atoms with Crippen molar-refractivity contribution in [3.8, 4) is 0 Å². The van der Waals surface area contributed by atoms with Gasteiger partial charge in [-0.2, -0.15) is 0 Å². The first-order valence-electron chi connectivity index (χ1n) is 5.45. The number of nitrogens with one attached hydrogen (secondary N) is 1. The fourth-order valence-corrected chi connectivity index (χ4v) is 2.27. The second-order valence-electron chi connectivity index (χ2n) is 4.03. The van der Waals surface area contributed by atoms with Gasteiger partial charge in [0, 0.05) is 28.4 Å². The van der Waals surface area contributed by atoms with Crippen LogP contribution in [0.4, 0.5) is 11.4 Å². The van der Waals surface area contributed by atoms with Crippen molar-refractivity contribution < 1.29 is 4.92 Å². The Balaban J connectivity index is 2.22. The van der Waals surface area contributed by atoms with E-state index in [-0.39, 0.29) is 10.6 Å². The van der Waals surface area contributed by atoms with E-state index in [4.69, 9.17) is 0 Å². The smallest absolute Gasteiger partial charge is 0.274 e. The number of nitrogens with zero attached hydrogens (tertiary/aromatic N) is 2. The number of hydrogen-bond acceptors (Lipinski definition) is 5. The first-order valence-corrected chi connectivity index (χ1v) is 6.33. The first-order chi connectivity index (χ1) is 8.58. The first kappa shape index (κ1) is 12.5. The zero-order valence-electron chi connectivity index (χ0n) is 10.1. The number of anilines is 1.